The maximum Gasteiger partial charge on any atom is 0.283 e. The van der Waals surface area contributed by atoms with Gasteiger partial charge in [-0.15, -0.1) is 4.40 Å². The average molecular weight is 388 g/mol. The molecule has 1 aliphatic heterocycles. The van der Waals surface area contributed by atoms with E-state index in [-0.39, 0.29) is 10.8 Å². The molecule has 0 unspecified atom stereocenters. The number of rotatable bonds is 5. The lowest BCUT2D eigenvalue weighted by Crippen LogP contribution is -2.28. The second-order valence-corrected chi connectivity index (χ2v) is 8.38. The lowest BCUT2D eigenvalue weighted by Gasteiger charge is -2.21. The molecule has 0 aliphatic carbocycles. The van der Waals surface area contributed by atoms with E-state index in [0.717, 1.165) is 5.56 Å². The van der Waals surface area contributed by atoms with Crippen molar-refractivity contribution < 1.29 is 18.3 Å². The third-order valence-electron chi connectivity index (χ3n) is 4.87. The van der Waals surface area contributed by atoms with Crippen molar-refractivity contribution in [3.8, 4) is 5.75 Å². The third kappa shape index (κ3) is 4.14. The molecule has 0 bridgehead atoms. The van der Waals surface area contributed by atoms with E-state index in [1.807, 2.05) is 6.92 Å². The summed E-state index contributed by atoms with van der Waals surface area (Å²) in [4.78, 5) is 1.95. The minimum Gasteiger partial charge on any atom is -0.497 e. The van der Waals surface area contributed by atoms with Crippen LogP contribution in [0.2, 0.25) is 0 Å². The van der Waals surface area contributed by atoms with Crippen LogP contribution < -0.4 is 4.74 Å². The molecule has 0 spiro atoms. The topological polar surface area (TPSA) is 79.2 Å². The van der Waals surface area contributed by atoms with Crippen molar-refractivity contribution in [3.63, 3.8) is 0 Å². The molecule has 1 saturated heterocycles. The Morgan fingerprint density at radius 3 is 2.37 bits per heavy atom. The highest BCUT2D eigenvalue weighted by molar-refractivity contribution is 7.90. The summed E-state index contributed by atoms with van der Waals surface area (Å²) in [5, 5.41) is 10.8. The molecule has 0 amide bonds. The van der Waals surface area contributed by atoms with E-state index in [9.17, 15) is 13.5 Å². The quantitative estimate of drug-likeness (QED) is 0.852. The van der Waals surface area contributed by atoms with Gasteiger partial charge in [0.1, 0.15) is 11.6 Å². The fourth-order valence-corrected chi connectivity index (χ4v) is 4.32. The van der Waals surface area contributed by atoms with Gasteiger partial charge < -0.3 is 14.7 Å². The Morgan fingerprint density at radius 1 is 1.15 bits per heavy atom. The van der Waals surface area contributed by atoms with Crippen molar-refractivity contribution in [3.05, 3.63) is 59.7 Å². The van der Waals surface area contributed by atoms with Crippen LogP contribution in [0.3, 0.4) is 0 Å². The van der Waals surface area contributed by atoms with Crippen LogP contribution in [0.25, 0.3) is 0 Å². The van der Waals surface area contributed by atoms with Gasteiger partial charge in [-0.3, -0.25) is 0 Å². The standard InChI is InChI=1S/C20H24N2O4S/c1-14-4-10-17(11-5-14)27(24,25)21-20-18(12-13-22(20)2)19(23)15-6-8-16(26-3)9-7-15/h4-11,18-19,23H,12-13H2,1-3H3/b21-20+/t18-,19-/m0/s1. The average Bonchev–Trinajstić information content (AvgIpc) is 3.01. The van der Waals surface area contributed by atoms with Gasteiger partial charge in [0.25, 0.3) is 10.0 Å². The van der Waals surface area contributed by atoms with Crippen molar-refractivity contribution >= 4 is 15.9 Å². The summed E-state index contributed by atoms with van der Waals surface area (Å²) in [6.45, 7) is 2.54. The van der Waals surface area contributed by atoms with Gasteiger partial charge >= 0.3 is 0 Å². The molecule has 7 heteroatoms. The van der Waals surface area contributed by atoms with Crippen LogP contribution in [0.4, 0.5) is 0 Å². The first-order chi connectivity index (χ1) is 12.8. The molecular formula is C20H24N2O4S. The van der Waals surface area contributed by atoms with Crippen LogP contribution >= 0.6 is 0 Å². The molecule has 0 aromatic heterocycles. The third-order valence-corrected chi connectivity index (χ3v) is 6.16. The Morgan fingerprint density at radius 2 is 1.78 bits per heavy atom. The van der Waals surface area contributed by atoms with Crippen LogP contribution in [0.15, 0.2) is 57.8 Å². The second kappa shape index (κ2) is 7.70. The van der Waals surface area contributed by atoms with Crippen molar-refractivity contribution in [2.75, 3.05) is 20.7 Å². The Bertz CT molecular complexity index is 921. The molecule has 2 atom stereocenters. The fourth-order valence-electron chi connectivity index (χ4n) is 3.22. The summed E-state index contributed by atoms with van der Waals surface area (Å²) in [6.07, 6.45) is -0.209. The van der Waals surface area contributed by atoms with Crippen molar-refractivity contribution in [2.45, 2.75) is 24.3 Å². The molecule has 144 valence electrons. The number of aliphatic hydroxyl groups excluding tert-OH is 1. The van der Waals surface area contributed by atoms with Crippen molar-refractivity contribution in [1.82, 2.24) is 4.90 Å². The summed E-state index contributed by atoms with van der Waals surface area (Å²) in [7, 11) is -0.460. The van der Waals surface area contributed by atoms with E-state index in [0.29, 0.717) is 30.1 Å². The first kappa shape index (κ1) is 19.4. The molecule has 0 radical (unpaired) electrons. The van der Waals surface area contributed by atoms with Gasteiger partial charge in [0.05, 0.1) is 18.1 Å². The lowest BCUT2D eigenvalue weighted by atomic mass is 9.94. The van der Waals surface area contributed by atoms with Crippen molar-refractivity contribution in [1.29, 1.82) is 0 Å². The monoisotopic (exact) mass is 388 g/mol. The SMILES string of the molecule is COc1ccc([C@H](O)[C@@H]2CCN(C)/C2=N/S(=O)(=O)c2ccc(C)cc2)cc1. The number of methoxy groups -OCH3 is 1. The van der Waals surface area contributed by atoms with Gasteiger partial charge in [0.15, 0.2) is 0 Å². The van der Waals surface area contributed by atoms with Crippen molar-refractivity contribution in [2.24, 2.45) is 10.3 Å². The first-order valence-electron chi connectivity index (χ1n) is 8.76. The fraction of sp³-hybridized carbons (Fsp3) is 0.350. The minimum atomic E-state index is -3.84. The van der Waals surface area contributed by atoms with E-state index in [1.165, 1.54) is 0 Å². The first-order valence-corrected chi connectivity index (χ1v) is 10.2. The van der Waals surface area contributed by atoms with Crippen LogP contribution in [0, 0.1) is 12.8 Å². The molecular weight excluding hydrogens is 364 g/mol. The molecule has 2 aromatic carbocycles. The smallest absolute Gasteiger partial charge is 0.283 e. The van der Waals surface area contributed by atoms with Gasteiger partial charge in [0, 0.05) is 19.5 Å². The van der Waals surface area contributed by atoms with Gasteiger partial charge in [-0.05, 0) is 43.2 Å². The number of aryl methyl sites for hydroxylation is 1. The zero-order chi connectivity index (χ0) is 19.6. The zero-order valence-electron chi connectivity index (χ0n) is 15.7. The molecule has 27 heavy (non-hydrogen) atoms. The van der Waals surface area contributed by atoms with Crippen LogP contribution in [0.1, 0.15) is 23.7 Å². The number of hydrogen-bond donors (Lipinski definition) is 1. The Kier molecular flexibility index (Phi) is 5.53. The largest absolute Gasteiger partial charge is 0.497 e. The molecule has 1 N–H and O–H groups in total. The molecule has 3 rings (SSSR count). The van der Waals surface area contributed by atoms with Crippen LogP contribution in [-0.2, 0) is 10.0 Å². The minimum absolute atomic E-state index is 0.151. The highest BCUT2D eigenvalue weighted by Crippen LogP contribution is 2.33. The lowest BCUT2D eigenvalue weighted by molar-refractivity contribution is 0.141. The summed E-state index contributed by atoms with van der Waals surface area (Å²) < 4.78 is 34.7. The maximum absolute atomic E-state index is 12.7. The molecule has 6 nitrogen and oxygen atoms in total. The van der Waals surface area contributed by atoms with Crippen LogP contribution in [0.5, 0.6) is 5.75 Å². The second-order valence-electron chi connectivity index (χ2n) is 6.77. The predicted molar refractivity (Wildman–Crippen MR) is 104 cm³/mol. The van der Waals surface area contributed by atoms with E-state index in [4.69, 9.17) is 4.74 Å². The predicted octanol–water partition coefficient (Wildman–Crippen LogP) is 2.78. The number of ether oxygens (including phenoxy) is 1. The number of aliphatic hydroxyl groups is 1. The number of amidine groups is 1. The molecule has 1 fully saturated rings. The highest BCUT2D eigenvalue weighted by Gasteiger charge is 2.35. The van der Waals surface area contributed by atoms with Gasteiger partial charge in [-0.2, -0.15) is 8.42 Å². The van der Waals surface area contributed by atoms with Crippen LogP contribution in [-0.4, -0.2) is 45.0 Å². The number of hydrogen-bond acceptors (Lipinski definition) is 4. The molecule has 1 heterocycles. The summed E-state index contributed by atoms with van der Waals surface area (Å²) in [6, 6.07) is 13.7. The Hall–Kier alpha value is -2.38. The highest BCUT2D eigenvalue weighted by atomic mass is 32.2. The molecule has 2 aromatic rings. The number of sulfonamides is 1. The molecule has 1 aliphatic rings. The zero-order valence-corrected chi connectivity index (χ0v) is 16.5. The maximum atomic E-state index is 12.7. The number of likely N-dealkylation sites (tertiary alicyclic amines) is 1. The summed E-state index contributed by atoms with van der Waals surface area (Å²) >= 11 is 0. The normalized spacial score (nSPS) is 20.1. The summed E-state index contributed by atoms with van der Waals surface area (Å²) in [5.41, 5.74) is 1.68. The van der Waals surface area contributed by atoms with Gasteiger partial charge in [-0.25, -0.2) is 0 Å². The van der Waals surface area contributed by atoms with Gasteiger partial charge in [-0.1, -0.05) is 29.8 Å². The van der Waals surface area contributed by atoms with Gasteiger partial charge in [0.2, 0.25) is 0 Å². The Labute approximate surface area is 160 Å². The number of benzene rings is 2. The Balaban J connectivity index is 1.92. The number of nitrogens with zero attached hydrogens (tertiary/aromatic N) is 2. The van der Waals surface area contributed by atoms with E-state index in [2.05, 4.69) is 4.40 Å². The summed E-state index contributed by atoms with van der Waals surface area (Å²) in [5.74, 6) is 0.702. The van der Waals surface area contributed by atoms with E-state index in [1.54, 1.807) is 67.6 Å². The van der Waals surface area contributed by atoms with E-state index < -0.39 is 16.1 Å². The molecule has 0 saturated carbocycles. The van der Waals surface area contributed by atoms with E-state index >= 15 is 0 Å².